The van der Waals surface area contributed by atoms with Crippen LogP contribution < -0.4 is 11.3 Å². The molecule has 6 heteroatoms. The van der Waals surface area contributed by atoms with E-state index in [1.54, 1.807) is 0 Å². The molecule has 5 nitrogen and oxygen atoms in total. The molecule has 0 saturated carbocycles. The van der Waals surface area contributed by atoms with Crippen molar-refractivity contribution in [2.75, 3.05) is 26.8 Å². The van der Waals surface area contributed by atoms with Crippen molar-refractivity contribution in [1.82, 2.24) is 10.3 Å². The number of halogens is 1. The Morgan fingerprint density at radius 1 is 1.40 bits per heavy atom. The van der Waals surface area contributed by atoms with Crippen LogP contribution in [0.3, 0.4) is 0 Å². The summed E-state index contributed by atoms with van der Waals surface area (Å²) in [6.45, 7) is 4.91. The van der Waals surface area contributed by atoms with Crippen molar-refractivity contribution in [2.24, 2.45) is 10.8 Å². The summed E-state index contributed by atoms with van der Waals surface area (Å²) >= 11 is 3.43. The van der Waals surface area contributed by atoms with E-state index in [4.69, 9.17) is 10.6 Å². The topological polar surface area (TPSA) is 62.9 Å². The van der Waals surface area contributed by atoms with E-state index < -0.39 is 0 Å². The molecule has 0 fully saturated rings. The normalized spacial score (nSPS) is 11.5. The van der Waals surface area contributed by atoms with E-state index in [0.717, 1.165) is 30.7 Å². The molecule has 0 aliphatic rings. The number of rotatable bonds is 7. The zero-order valence-electron chi connectivity index (χ0n) is 12.1. The molecule has 1 aromatic carbocycles. The smallest absolute Gasteiger partial charge is 0.208 e. The van der Waals surface area contributed by atoms with Gasteiger partial charge in [0.2, 0.25) is 5.96 Å². The van der Waals surface area contributed by atoms with E-state index in [9.17, 15) is 0 Å². The molecule has 20 heavy (non-hydrogen) atoms. The molecule has 0 radical (unpaired) electrons. The number of hydrogen-bond acceptors (Lipinski definition) is 3. The molecule has 3 N–H and O–H groups in total. The molecule has 1 rings (SSSR count). The standard InChI is InChI=1S/C14H23BrN4O/c1-3-20-10-4-9-17-14(18-16)19(2)11-12-5-7-13(15)8-6-12/h5-8H,3-4,9-11,16H2,1-2H3,(H,17,18). The van der Waals surface area contributed by atoms with Gasteiger partial charge >= 0.3 is 0 Å². The van der Waals surface area contributed by atoms with E-state index in [0.29, 0.717) is 12.5 Å². The lowest BCUT2D eigenvalue weighted by Crippen LogP contribution is -2.42. The molecule has 0 aliphatic carbocycles. The Morgan fingerprint density at radius 2 is 2.10 bits per heavy atom. The number of guanidine groups is 1. The van der Waals surface area contributed by atoms with Gasteiger partial charge in [0.1, 0.15) is 0 Å². The van der Waals surface area contributed by atoms with Gasteiger partial charge in [0, 0.05) is 37.8 Å². The molecule has 0 unspecified atom stereocenters. The Labute approximate surface area is 129 Å². The number of hydrazine groups is 1. The van der Waals surface area contributed by atoms with Gasteiger partial charge in [0.05, 0.1) is 0 Å². The van der Waals surface area contributed by atoms with Crippen LogP contribution in [0, 0.1) is 0 Å². The first kappa shape index (κ1) is 16.9. The van der Waals surface area contributed by atoms with Gasteiger partial charge in [-0.2, -0.15) is 0 Å². The molecule has 1 aromatic rings. The molecular weight excluding hydrogens is 320 g/mol. The minimum atomic E-state index is 0.685. The van der Waals surface area contributed by atoms with Crippen molar-refractivity contribution in [3.8, 4) is 0 Å². The lowest BCUT2D eigenvalue weighted by atomic mass is 10.2. The van der Waals surface area contributed by atoms with E-state index in [2.05, 4.69) is 38.5 Å². The van der Waals surface area contributed by atoms with E-state index >= 15 is 0 Å². The average Bonchev–Trinajstić information content (AvgIpc) is 2.45. The predicted octanol–water partition coefficient (Wildman–Crippen LogP) is 2.13. The summed E-state index contributed by atoms with van der Waals surface area (Å²) in [5.41, 5.74) is 3.85. The zero-order valence-corrected chi connectivity index (χ0v) is 13.7. The molecular formula is C14H23BrN4O. The van der Waals surface area contributed by atoms with Gasteiger partial charge in [0.25, 0.3) is 0 Å². The van der Waals surface area contributed by atoms with Crippen LogP contribution in [0.5, 0.6) is 0 Å². The van der Waals surface area contributed by atoms with Crippen molar-refractivity contribution in [3.05, 3.63) is 34.3 Å². The quantitative estimate of drug-likeness (QED) is 0.262. The second kappa shape index (κ2) is 9.74. The SMILES string of the molecule is CCOCCCN=C(NN)N(C)Cc1ccc(Br)cc1. The number of nitrogens with one attached hydrogen (secondary N) is 1. The van der Waals surface area contributed by atoms with Gasteiger partial charge in [-0.05, 0) is 31.0 Å². The van der Waals surface area contributed by atoms with Crippen molar-refractivity contribution in [1.29, 1.82) is 0 Å². The zero-order chi connectivity index (χ0) is 14.8. The van der Waals surface area contributed by atoms with Crippen LogP contribution in [-0.2, 0) is 11.3 Å². The van der Waals surface area contributed by atoms with Crippen LogP contribution in [0.15, 0.2) is 33.7 Å². The maximum Gasteiger partial charge on any atom is 0.208 e. The first-order chi connectivity index (χ1) is 9.67. The number of benzene rings is 1. The Balaban J connectivity index is 2.47. The monoisotopic (exact) mass is 342 g/mol. The lowest BCUT2D eigenvalue weighted by molar-refractivity contribution is 0.146. The fraction of sp³-hybridized carbons (Fsp3) is 0.500. The Bertz CT molecular complexity index is 408. The third-order valence-electron chi connectivity index (χ3n) is 2.74. The minimum absolute atomic E-state index is 0.685. The summed E-state index contributed by atoms with van der Waals surface area (Å²) in [6.07, 6.45) is 0.894. The highest BCUT2D eigenvalue weighted by Crippen LogP contribution is 2.11. The highest BCUT2D eigenvalue weighted by atomic mass is 79.9. The largest absolute Gasteiger partial charge is 0.382 e. The first-order valence-electron chi connectivity index (χ1n) is 6.71. The highest BCUT2D eigenvalue weighted by molar-refractivity contribution is 9.10. The third-order valence-corrected chi connectivity index (χ3v) is 3.26. The number of aliphatic imine (C=N–C) groups is 1. The van der Waals surface area contributed by atoms with Crippen molar-refractivity contribution in [2.45, 2.75) is 19.9 Å². The summed E-state index contributed by atoms with van der Waals surface area (Å²) in [7, 11) is 1.96. The van der Waals surface area contributed by atoms with Gasteiger partial charge in [-0.1, -0.05) is 28.1 Å². The van der Waals surface area contributed by atoms with Gasteiger partial charge in [-0.3, -0.25) is 10.4 Å². The summed E-state index contributed by atoms with van der Waals surface area (Å²) in [4.78, 5) is 6.43. The second-order valence-corrected chi connectivity index (χ2v) is 5.30. The fourth-order valence-corrected chi connectivity index (χ4v) is 1.98. The van der Waals surface area contributed by atoms with Crippen LogP contribution in [-0.4, -0.2) is 37.7 Å². The van der Waals surface area contributed by atoms with Gasteiger partial charge in [0.15, 0.2) is 0 Å². The predicted molar refractivity (Wildman–Crippen MR) is 86.3 cm³/mol. The molecule has 0 saturated heterocycles. The molecule has 0 aliphatic heterocycles. The van der Waals surface area contributed by atoms with Crippen molar-refractivity contribution in [3.63, 3.8) is 0 Å². The van der Waals surface area contributed by atoms with Gasteiger partial charge in [-0.15, -0.1) is 0 Å². The Hall–Kier alpha value is -1.11. The number of ether oxygens (including phenoxy) is 1. The Morgan fingerprint density at radius 3 is 2.70 bits per heavy atom. The molecule has 0 amide bonds. The molecule has 0 bridgehead atoms. The third kappa shape index (κ3) is 6.36. The van der Waals surface area contributed by atoms with E-state index in [-0.39, 0.29) is 0 Å². The van der Waals surface area contributed by atoms with Crippen LogP contribution in [0.2, 0.25) is 0 Å². The number of hydrogen-bond donors (Lipinski definition) is 2. The highest BCUT2D eigenvalue weighted by Gasteiger charge is 2.05. The molecule has 0 aromatic heterocycles. The van der Waals surface area contributed by atoms with E-state index in [1.165, 1.54) is 5.56 Å². The number of nitrogens with two attached hydrogens (primary N) is 1. The van der Waals surface area contributed by atoms with Gasteiger partial charge < -0.3 is 9.64 Å². The first-order valence-corrected chi connectivity index (χ1v) is 7.51. The maximum atomic E-state index is 5.53. The summed E-state index contributed by atoms with van der Waals surface area (Å²) in [6, 6.07) is 8.20. The minimum Gasteiger partial charge on any atom is -0.382 e. The Kier molecular flexibility index (Phi) is 8.25. The van der Waals surface area contributed by atoms with Crippen molar-refractivity contribution >= 4 is 21.9 Å². The fourth-order valence-electron chi connectivity index (χ4n) is 1.71. The van der Waals surface area contributed by atoms with Crippen LogP contribution >= 0.6 is 15.9 Å². The van der Waals surface area contributed by atoms with Crippen LogP contribution in [0.1, 0.15) is 18.9 Å². The molecule has 112 valence electrons. The van der Waals surface area contributed by atoms with Gasteiger partial charge in [-0.25, -0.2) is 5.84 Å². The summed E-state index contributed by atoms with van der Waals surface area (Å²) in [5, 5.41) is 0. The lowest BCUT2D eigenvalue weighted by Gasteiger charge is -2.20. The second-order valence-electron chi connectivity index (χ2n) is 4.38. The molecule has 0 spiro atoms. The number of nitrogens with zero attached hydrogens (tertiary/aromatic N) is 2. The van der Waals surface area contributed by atoms with Crippen LogP contribution in [0.4, 0.5) is 0 Å². The maximum absolute atomic E-state index is 5.53. The molecule has 0 atom stereocenters. The van der Waals surface area contributed by atoms with Crippen LogP contribution in [0.25, 0.3) is 0 Å². The average molecular weight is 343 g/mol. The van der Waals surface area contributed by atoms with E-state index in [1.807, 2.05) is 31.0 Å². The summed E-state index contributed by atoms with van der Waals surface area (Å²) in [5.74, 6) is 6.22. The van der Waals surface area contributed by atoms with Crippen molar-refractivity contribution < 1.29 is 4.74 Å². The molecule has 0 heterocycles. The summed E-state index contributed by atoms with van der Waals surface area (Å²) < 4.78 is 6.35.